The third kappa shape index (κ3) is 5.23. The summed E-state index contributed by atoms with van der Waals surface area (Å²) in [5, 5.41) is 6.69. The molecular weight excluding hydrogens is 470 g/mol. The summed E-state index contributed by atoms with van der Waals surface area (Å²) in [6, 6.07) is 21.0. The molecule has 1 aliphatic carbocycles. The number of nitrogens with zero attached hydrogens (tertiary/aromatic N) is 1. The molecule has 1 heterocycles. The average molecular weight is 498 g/mol. The fourth-order valence-electron chi connectivity index (χ4n) is 4.88. The van der Waals surface area contributed by atoms with Crippen molar-refractivity contribution in [1.29, 1.82) is 0 Å². The maximum atomic E-state index is 12.9. The SMILES string of the molecule is O=C(COC(=O)Cn1c2ccccc2c(=O)c2ccccc21)Nc1ccccc1C(=O)NC1CCCC1. The van der Waals surface area contributed by atoms with Crippen LogP contribution in [0.4, 0.5) is 5.69 Å². The van der Waals surface area contributed by atoms with E-state index < -0.39 is 18.5 Å². The summed E-state index contributed by atoms with van der Waals surface area (Å²) < 4.78 is 6.98. The number of carbonyl (C=O) groups is 3. The molecule has 0 saturated heterocycles. The van der Waals surface area contributed by atoms with Crippen molar-refractivity contribution in [1.82, 2.24) is 9.88 Å². The Hall–Kier alpha value is -4.46. The quantitative estimate of drug-likeness (QED) is 0.296. The summed E-state index contributed by atoms with van der Waals surface area (Å²) in [5.41, 5.74) is 1.83. The van der Waals surface area contributed by atoms with E-state index in [9.17, 15) is 19.2 Å². The topological polar surface area (TPSA) is 106 Å². The Balaban J connectivity index is 1.27. The van der Waals surface area contributed by atoms with E-state index in [2.05, 4.69) is 10.6 Å². The summed E-state index contributed by atoms with van der Waals surface area (Å²) in [7, 11) is 0. The maximum absolute atomic E-state index is 12.9. The zero-order valence-electron chi connectivity index (χ0n) is 20.2. The van der Waals surface area contributed by atoms with Gasteiger partial charge in [0.1, 0.15) is 6.54 Å². The van der Waals surface area contributed by atoms with Crippen LogP contribution in [0.3, 0.4) is 0 Å². The van der Waals surface area contributed by atoms with Crippen LogP contribution >= 0.6 is 0 Å². The first-order valence-corrected chi connectivity index (χ1v) is 12.4. The van der Waals surface area contributed by atoms with E-state index in [4.69, 9.17) is 4.74 Å². The molecule has 0 atom stereocenters. The number of fused-ring (bicyclic) bond motifs is 2. The lowest BCUT2D eigenvalue weighted by atomic mass is 10.1. The molecule has 1 aliphatic rings. The average Bonchev–Trinajstić information content (AvgIpc) is 3.43. The van der Waals surface area contributed by atoms with Gasteiger partial charge in [-0.05, 0) is 49.2 Å². The molecule has 8 heteroatoms. The van der Waals surface area contributed by atoms with E-state index >= 15 is 0 Å². The van der Waals surface area contributed by atoms with Gasteiger partial charge in [-0.2, -0.15) is 0 Å². The minimum Gasteiger partial charge on any atom is -0.454 e. The van der Waals surface area contributed by atoms with E-state index in [0.29, 0.717) is 33.1 Å². The molecule has 188 valence electrons. The molecular formula is C29H27N3O5. The van der Waals surface area contributed by atoms with Crippen molar-refractivity contribution in [3.63, 3.8) is 0 Å². The predicted octanol–water partition coefficient (Wildman–Crippen LogP) is 4.01. The molecule has 5 rings (SSSR count). The summed E-state index contributed by atoms with van der Waals surface area (Å²) in [5.74, 6) is -1.41. The van der Waals surface area contributed by atoms with Crippen LogP contribution in [0.1, 0.15) is 36.0 Å². The molecule has 2 N–H and O–H groups in total. The van der Waals surface area contributed by atoms with Crippen LogP contribution in [0.15, 0.2) is 77.6 Å². The number of aromatic nitrogens is 1. The number of esters is 1. The number of benzene rings is 3. The van der Waals surface area contributed by atoms with Gasteiger partial charge < -0.3 is 19.9 Å². The number of anilines is 1. The molecule has 0 spiro atoms. The van der Waals surface area contributed by atoms with Gasteiger partial charge in [0.15, 0.2) is 12.0 Å². The van der Waals surface area contributed by atoms with Gasteiger partial charge in [-0.15, -0.1) is 0 Å². The Labute approximate surface area is 213 Å². The van der Waals surface area contributed by atoms with Crippen molar-refractivity contribution in [3.05, 3.63) is 88.6 Å². The third-order valence-corrected chi connectivity index (χ3v) is 6.67. The monoisotopic (exact) mass is 497 g/mol. The highest BCUT2D eigenvalue weighted by molar-refractivity contribution is 6.04. The minimum atomic E-state index is -0.624. The smallest absolute Gasteiger partial charge is 0.326 e. The first-order chi connectivity index (χ1) is 18.0. The Kier molecular flexibility index (Phi) is 6.98. The largest absolute Gasteiger partial charge is 0.454 e. The molecule has 3 aromatic carbocycles. The fourth-order valence-corrected chi connectivity index (χ4v) is 4.88. The normalized spacial score (nSPS) is 13.5. The third-order valence-electron chi connectivity index (χ3n) is 6.67. The zero-order valence-corrected chi connectivity index (χ0v) is 20.2. The number of para-hydroxylation sites is 3. The van der Waals surface area contributed by atoms with E-state index in [1.54, 1.807) is 77.4 Å². The first kappa shape index (κ1) is 24.2. The van der Waals surface area contributed by atoms with Crippen LogP contribution in [-0.4, -0.2) is 35.0 Å². The zero-order chi connectivity index (χ0) is 25.8. The summed E-state index contributed by atoms with van der Waals surface area (Å²) >= 11 is 0. The van der Waals surface area contributed by atoms with Crippen molar-refractivity contribution in [2.75, 3.05) is 11.9 Å². The Morgan fingerprint density at radius 3 is 2.11 bits per heavy atom. The van der Waals surface area contributed by atoms with E-state index in [1.807, 2.05) is 0 Å². The molecule has 1 saturated carbocycles. The van der Waals surface area contributed by atoms with Crippen LogP contribution in [0.25, 0.3) is 21.8 Å². The Morgan fingerprint density at radius 1 is 0.838 bits per heavy atom. The van der Waals surface area contributed by atoms with Crippen LogP contribution in [0.5, 0.6) is 0 Å². The van der Waals surface area contributed by atoms with Crippen LogP contribution < -0.4 is 16.1 Å². The van der Waals surface area contributed by atoms with Crippen molar-refractivity contribution in [2.24, 2.45) is 0 Å². The van der Waals surface area contributed by atoms with Crippen LogP contribution in [-0.2, 0) is 20.9 Å². The standard InChI is InChI=1S/C29H27N3O5/c33-26(31-23-14-6-3-11-20(23)29(36)30-19-9-1-2-10-19)18-37-27(34)17-32-24-15-7-4-12-21(24)28(35)22-13-5-8-16-25(22)32/h3-8,11-16,19H,1-2,9-10,17-18H2,(H,30,36)(H,31,33). The van der Waals surface area contributed by atoms with E-state index in [1.165, 1.54) is 0 Å². The molecule has 1 aromatic heterocycles. The van der Waals surface area contributed by atoms with Crippen LogP contribution in [0, 0.1) is 0 Å². The highest BCUT2D eigenvalue weighted by Gasteiger charge is 2.20. The lowest BCUT2D eigenvalue weighted by molar-refractivity contribution is -0.147. The van der Waals surface area contributed by atoms with E-state index in [0.717, 1.165) is 25.7 Å². The highest BCUT2D eigenvalue weighted by atomic mass is 16.5. The van der Waals surface area contributed by atoms with Gasteiger partial charge >= 0.3 is 5.97 Å². The molecule has 0 aliphatic heterocycles. The van der Waals surface area contributed by atoms with Gasteiger partial charge in [-0.1, -0.05) is 49.2 Å². The van der Waals surface area contributed by atoms with Crippen LogP contribution in [0.2, 0.25) is 0 Å². The molecule has 4 aromatic rings. The van der Waals surface area contributed by atoms with Gasteiger partial charge in [0.25, 0.3) is 11.8 Å². The number of hydrogen-bond acceptors (Lipinski definition) is 5. The van der Waals surface area contributed by atoms with Crippen molar-refractivity contribution in [2.45, 2.75) is 38.3 Å². The second-order valence-electron chi connectivity index (χ2n) is 9.16. The number of amides is 2. The number of pyridine rings is 1. The van der Waals surface area contributed by atoms with Gasteiger partial charge in [0.2, 0.25) is 0 Å². The maximum Gasteiger partial charge on any atom is 0.326 e. The predicted molar refractivity (Wildman–Crippen MR) is 141 cm³/mol. The molecule has 37 heavy (non-hydrogen) atoms. The van der Waals surface area contributed by atoms with Gasteiger partial charge in [0.05, 0.1) is 22.3 Å². The minimum absolute atomic E-state index is 0.106. The second-order valence-corrected chi connectivity index (χ2v) is 9.16. The molecule has 1 fully saturated rings. The van der Waals surface area contributed by atoms with Gasteiger partial charge in [-0.25, -0.2) is 0 Å². The fraction of sp³-hybridized carbons (Fsp3) is 0.241. The highest BCUT2D eigenvalue weighted by Crippen LogP contribution is 2.21. The Bertz CT molecular complexity index is 1490. The van der Waals surface area contributed by atoms with Crippen molar-refractivity contribution < 1.29 is 19.1 Å². The Morgan fingerprint density at radius 2 is 1.43 bits per heavy atom. The lowest BCUT2D eigenvalue weighted by Crippen LogP contribution is -2.33. The first-order valence-electron chi connectivity index (χ1n) is 12.4. The number of rotatable bonds is 7. The summed E-state index contributed by atoms with van der Waals surface area (Å²) in [6.07, 6.45) is 4.10. The number of hydrogen-bond donors (Lipinski definition) is 2. The molecule has 0 bridgehead atoms. The number of ether oxygens (including phenoxy) is 1. The van der Waals surface area contributed by atoms with Gasteiger partial charge in [0, 0.05) is 16.8 Å². The van der Waals surface area contributed by atoms with Crippen molar-refractivity contribution in [3.8, 4) is 0 Å². The van der Waals surface area contributed by atoms with Crippen molar-refractivity contribution >= 4 is 45.3 Å². The number of carbonyl (C=O) groups excluding carboxylic acids is 3. The molecule has 2 amide bonds. The molecule has 0 unspecified atom stereocenters. The summed E-state index contributed by atoms with van der Waals surface area (Å²) in [4.78, 5) is 50.9. The van der Waals surface area contributed by atoms with E-state index in [-0.39, 0.29) is 23.9 Å². The lowest BCUT2D eigenvalue weighted by Gasteiger charge is -2.16. The summed E-state index contributed by atoms with van der Waals surface area (Å²) in [6.45, 7) is -0.678. The molecule has 0 radical (unpaired) electrons. The molecule has 8 nitrogen and oxygen atoms in total. The number of nitrogens with one attached hydrogen (secondary N) is 2. The van der Waals surface area contributed by atoms with Gasteiger partial charge in [-0.3, -0.25) is 19.2 Å². The second kappa shape index (κ2) is 10.7.